The van der Waals surface area contributed by atoms with E-state index in [1.54, 1.807) is 0 Å². The second-order valence-corrected chi connectivity index (χ2v) is 7.44. The van der Waals surface area contributed by atoms with Crippen molar-refractivity contribution < 1.29 is 75.3 Å². The number of aromatic carboxylic acids is 2. The summed E-state index contributed by atoms with van der Waals surface area (Å²) in [4.78, 5) is 19.8. The molecule has 2 aromatic carbocycles. The zero-order chi connectivity index (χ0) is 20.1. The Hall–Kier alpha value is -1.80. The minimum absolute atomic E-state index is 0. The van der Waals surface area contributed by atoms with Gasteiger partial charge in [-0.15, -0.1) is 0 Å². The third-order valence-electron chi connectivity index (χ3n) is 2.75. The predicted octanol–water partition coefficient (Wildman–Crippen LogP) is -3.07. The van der Waals surface area contributed by atoms with Crippen molar-refractivity contribution in [3.63, 3.8) is 0 Å². The molecule has 0 radical (unpaired) electrons. The Balaban J connectivity index is 0.000000483. The maximum absolute atomic E-state index is 10.6. The Labute approximate surface area is 176 Å². The summed E-state index contributed by atoms with van der Waals surface area (Å²) in [6.45, 7) is 0. The molecule has 140 valence electrons. The van der Waals surface area contributed by atoms with Gasteiger partial charge in [-0.1, -0.05) is 18.2 Å². The van der Waals surface area contributed by atoms with Gasteiger partial charge in [0.05, 0.1) is 21.3 Å². The van der Waals surface area contributed by atoms with Gasteiger partial charge in [0, 0.05) is 0 Å². The zero-order valence-corrected chi connectivity index (χ0v) is 17.3. The number of benzene rings is 2. The summed E-state index contributed by atoms with van der Waals surface area (Å²) >= 11 is 0. The molecule has 3 N–H and O–H groups in total. The van der Waals surface area contributed by atoms with E-state index in [2.05, 4.69) is 0 Å². The second-order valence-electron chi connectivity index (χ2n) is 4.60. The van der Waals surface area contributed by atoms with E-state index < -0.39 is 42.0 Å². The van der Waals surface area contributed by atoms with Gasteiger partial charge in [0.2, 0.25) is 0 Å². The summed E-state index contributed by atoms with van der Waals surface area (Å²) in [5.74, 6) is -2.74. The topological polar surface area (TPSA) is 186 Å². The van der Waals surface area contributed by atoms with Crippen molar-refractivity contribution >= 4 is 32.2 Å². The molecule has 0 aromatic heterocycles. The van der Waals surface area contributed by atoms with Crippen LogP contribution in [0.4, 0.5) is 0 Å². The molecular weight excluding hydrogens is 415 g/mol. The number of carboxylic acids is 2. The number of hydrogen-bond donors (Lipinski definition) is 3. The van der Waals surface area contributed by atoms with Crippen LogP contribution in [0.3, 0.4) is 0 Å². The van der Waals surface area contributed by atoms with Crippen LogP contribution >= 0.6 is 0 Å². The molecule has 0 aliphatic carbocycles. The van der Waals surface area contributed by atoms with Crippen LogP contribution in [0.1, 0.15) is 20.7 Å². The van der Waals surface area contributed by atoms with Crippen molar-refractivity contribution in [1.29, 1.82) is 0 Å². The standard InChI is InChI=1S/2C7H6O5S.Na/c2*8-7(9)5-2-1-3-6(4-5)13(10,11)12;/h2*1-4H,(H,8,9)(H,10,11,12);/q;;+1/p-1. The third kappa shape index (κ3) is 8.17. The Morgan fingerprint density at radius 1 is 0.778 bits per heavy atom. The molecule has 0 amide bonds. The van der Waals surface area contributed by atoms with E-state index in [9.17, 15) is 31.5 Å². The van der Waals surface area contributed by atoms with Gasteiger partial charge < -0.3 is 15.0 Å². The van der Waals surface area contributed by atoms with Gasteiger partial charge in [-0.25, -0.2) is 4.79 Å². The van der Waals surface area contributed by atoms with E-state index in [-0.39, 0.29) is 40.7 Å². The van der Waals surface area contributed by atoms with Gasteiger partial charge in [0.15, 0.2) is 0 Å². The van der Waals surface area contributed by atoms with Crippen LogP contribution < -0.4 is 34.7 Å². The summed E-state index contributed by atoms with van der Waals surface area (Å²) in [6.07, 6.45) is 0. The van der Waals surface area contributed by atoms with Gasteiger partial charge in [0.25, 0.3) is 20.2 Å². The first kappa shape index (κ1) is 25.2. The van der Waals surface area contributed by atoms with Crippen molar-refractivity contribution in [3.05, 3.63) is 59.7 Å². The van der Waals surface area contributed by atoms with Crippen molar-refractivity contribution in [2.24, 2.45) is 0 Å². The molecule has 0 aliphatic heterocycles. The number of carbonyl (C=O) groups is 2. The van der Waals surface area contributed by atoms with Crippen molar-refractivity contribution in [3.8, 4) is 0 Å². The van der Waals surface area contributed by atoms with Crippen LogP contribution in [0, 0.1) is 0 Å². The van der Waals surface area contributed by atoms with E-state index in [0.717, 1.165) is 24.3 Å². The fourth-order valence-electron chi connectivity index (χ4n) is 1.57. The van der Waals surface area contributed by atoms with Crippen LogP contribution in [0.2, 0.25) is 0 Å². The first-order valence-electron chi connectivity index (χ1n) is 6.42. The molecule has 27 heavy (non-hydrogen) atoms. The van der Waals surface area contributed by atoms with E-state index in [1.807, 2.05) is 0 Å². The average Bonchev–Trinajstić information content (AvgIpc) is 2.54. The SMILES string of the molecule is O=C(O)c1cccc(S(=O)(=O)O)c1.O=C([O-])c1cccc(S(=O)(=O)O)c1.[Na+]. The first-order chi connectivity index (χ1) is 11.8. The summed E-state index contributed by atoms with van der Waals surface area (Å²) in [5, 5.41) is 18.8. The Bertz CT molecular complexity index is 960. The summed E-state index contributed by atoms with van der Waals surface area (Å²) in [6, 6.07) is 8.76. The second kappa shape index (κ2) is 9.94. The minimum Gasteiger partial charge on any atom is -0.545 e. The summed E-state index contributed by atoms with van der Waals surface area (Å²) in [7, 11) is -8.67. The van der Waals surface area contributed by atoms with Crippen LogP contribution in [0.5, 0.6) is 0 Å². The van der Waals surface area contributed by atoms with Gasteiger partial charge in [-0.2, -0.15) is 16.8 Å². The molecular formula is C14H11NaO10S2. The predicted molar refractivity (Wildman–Crippen MR) is 83.8 cm³/mol. The number of carboxylic acid groups (broad SMARTS) is 2. The van der Waals surface area contributed by atoms with E-state index >= 15 is 0 Å². The third-order valence-corrected chi connectivity index (χ3v) is 4.45. The van der Waals surface area contributed by atoms with E-state index in [0.29, 0.717) is 0 Å². The van der Waals surface area contributed by atoms with Gasteiger partial charge >= 0.3 is 35.5 Å². The fraction of sp³-hybridized carbons (Fsp3) is 0. The van der Waals surface area contributed by atoms with Gasteiger partial charge in [-0.3, -0.25) is 9.11 Å². The maximum Gasteiger partial charge on any atom is 1.00 e. The van der Waals surface area contributed by atoms with E-state index in [1.165, 1.54) is 24.3 Å². The Morgan fingerprint density at radius 2 is 1.15 bits per heavy atom. The zero-order valence-electron chi connectivity index (χ0n) is 13.6. The Kier molecular flexibility index (Phi) is 9.28. The number of carbonyl (C=O) groups excluding carboxylic acids is 1. The smallest absolute Gasteiger partial charge is 0.545 e. The van der Waals surface area contributed by atoms with Crippen LogP contribution in [0.15, 0.2) is 58.3 Å². The molecule has 0 heterocycles. The molecule has 0 unspecified atom stereocenters. The van der Waals surface area contributed by atoms with Crippen LogP contribution in [-0.4, -0.2) is 43.0 Å². The molecule has 0 atom stereocenters. The first-order valence-corrected chi connectivity index (χ1v) is 9.30. The largest absolute Gasteiger partial charge is 1.00 e. The molecule has 0 bridgehead atoms. The van der Waals surface area contributed by atoms with Gasteiger partial charge in [0.1, 0.15) is 0 Å². The number of rotatable bonds is 4. The van der Waals surface area contributed by atoms with Crippen molar-refractivity contribution in [2.75, 3.05) is 0 Å². The molecule has 0 fully saturated rings. The monoisotopic (exact) mass is 426 g/mol. The molecule has 2 rings (SSSR count). The van der Waals surface area contributed by atoms with Crippen LogP contribution in [0.25, 0.3) is 0 Å². The molecule has 0 saturated carbocycles. The maximum atomic E-state index is 10.6. The molecule has 13 heteroatoms. The van der Waals surface area contributed by atoms with E-state index in [4.69, 9.17) is 14.2 Å². The normalized spacial score (nSPS) is 10.7. The molecule has 0 saturated heterocycles. The minimum atomic E-state index is -4.35. The van der Waals surface area contributed by atoms with Gasteiger partial charge in [-0.05, 0) is 35.9 Å². The van der Waals surface area contributed by atoms with Crippen molar-refractivity contribution in [1.82, 2.24) is 0 Å². The Morgan fingerprint density at radius 3 is 1.48 bits per heavy atom. The molecule has 0 spiro atoms. The molecule has 0 aliphatic rings. The molecule has 10 nitrogen and oxygen atoms in total. The number of hydrogen-bond acceptors (Lipinski definition) is 7. The fourth-order valence-corrected chi connectivity index (χ4v) is 2.63. The van der Waals surface area contributed by atoms with Crippen LogP contribution in [-0.2, 0) is 20.2 Å². The molecule has 2 aromatic rings. The quantitative estimate of drug-likeness (QED) is 0.334. The average molecular weight is 426 g/mol. The summed E-state index contributed by atoms with van der Waals surface area (Å²) in [5.41, 5.74) is -0.481. The van der Waals surface area contributed by atoms with Crippen molar-refractivity contribution in [2.45, 2.75) is 9.79 Å². The summed E-state index contributed by atoms with van der Waals surface area (Å²) < 4.78 is 59.4.